The van der Waals surface area contributed by atoms with Gasteiger partial charge < -0.3 is 5.11 Å². The molecule has 1 N–H and O–H groups in total. The van der Waals surface area contributed by atoms with Crippen molar-refractivity contribution in [1.29, 1.82) is 0 Å². The average molecular weight is 397 g/mol. The molecule has 128 valence electrons. The van der Waals surface area contributed by atoms with Crippen LogP contribution in [0.15, 0.2) is 53.6 Å². The minimum atomic E-state index is -1.12. The van der Waals surface area contributed by atoms with Crippen molar-refractivity contribution in [2.75, 3.05) is 0 Å². The van der Waals surface area contributed by atoms with Crippen LogP contribution in [-0.4, -0.2) is 20.6 Å². The molecular formula is C17H11Cl2FN2O2S. The number of halogens is 3. The van der Waals surface area contributed by atoms with Gasteiger partial charge in [-0.2, -0.15) is 0 Å². The molecule has 3 rings (SSSR count). The van der Waals surface area contributed by atoms with Crippen LogP contribution in [0.4, 0.5) is 4.39 Å². The van der Waals surface area contributed by atoms with E-state index in [2.05, 4.69) is 4.98 Å². The topological polar surface area (TPSA) is 55.1 Å². The zero-order valence-electron chi connectivity index (χ0n) is 12.6. The number of hydrogen-bond acceptors (Lipinski definition) is 3. The van der Waals surface area contributed by atoms with Crippen LogP contribution < -0.4 is 0 Å². The zero-order valence-corrected chi connectivity index (χ0v) is 14.9. The first-order valence-corrected chi connectivity index (χ1v) is 8.84. The second-order valence-corrected chi connectivity index (χ2v) is 6.82. The van der Waals surface area contributed by atoms with Crippen molar-refractivity contribution in [3.8, 4) is 5.69 Å². The fourth-order valence-electron chi connectivity index (χ4n) is 2.28. The maximum absolute atomic E-state index is 13.2. The number of nitrogens with zero attached hydrogens (tertiary/aromatic N) is 2. The van der Waals surface area contributed by atoms with Gasteiger partial charge in [-0.1, -0.05) is 29.3 Å². The van der Waals surface area contributed by atoms with Crippen LogP contribution in [0.1, 0.15) is 16.3 Å². The fourth-order valence-corrected chi connectivity index (χ4v) is 3.89. The van der Waals surface area contributed by atoms with Crippen LogP contribution in [0.25, 0.3) is 5.69 Å². The summed E-state index contributed by atoms with van der Waals surface area (Å²) in [5, 5.41) is 10.4. The van der Waals surface area contributed by atoms with Gasteiger partial charge in [0, 0.05) is 10.6 Å². The van der Waals surface area contributed by atoms with Crippen molar-refractivity contribution < 1.29 is 14.3 Å². The van der Waals surface area contributed by atoms with Crippen molar-refractivity contribution in [2.24, 2.45) is 0 Å². The van der Waals surface area contributed by atoms with Gasteiger partial charge in [0.1, 0.15) is 11.6 Å². The van der Waals surface area contributed by atoms with Gasteiger partial charge in [-0.05, 0) is 36.4 Å². The Hall–Kier alpha value is -2.02. The van der Waals surface area contributed by atoms with Crippen molar-refractivity contribution >= 4 is 40.9 Å². The Bertz CT molecular complexity index is 909. The summed E-state index contributed by atoms with van der Waals surface area (Å²) in [6.45, 7) is 0. The summed E-state index contributed by atoms with van der Waals surface area (Å²) in [6, 6.07) is 10.7. The molecule has 0 saturated heterocycles. The van der Waals surface area contributed by atoms with E-state index in [0.717, 1.165) is 0 Å². The molecule has 0 bridgehead atoms. The molecule has 3 aromatic rings. The lowest BCUT2D eigenvalue weighted by molar-refractivity contribution is 0.0688. The van der Waals surface area contributed by atoms with Gasteiger partial charge in [-0.3, -0.25) is 4.57 Å². The number of carboxylic acids is 1. The van der Waals surface area contributed by atoms with E-state index in [9.17, 15) is 14.3 Å². The molecule has 0 atom stereocenters. The van der Waals surface area contributed by atoms with Gasteiger partial charge in [0.15, 0.2) is 5.69 Å². The number of carboxylic acid groups (broad SMARTS) is 1. The van der Waals surface area contributed by atoms with Crippen LogP contribution >= 0.6 is 35.0 Å². The number of benzene rings is 2. The van der Waals surface area contributed by atoms with E-state index >= 15 is 0 Å². The molecule has 2 aromatic carbocycles. The monoisotopic (exact) mass is 396 g/mol. The van der Waals surface area contributed by atoms with Crippen LogP contribution in [0.2, 0.25) is 10.0 Å². The molecule has 0 fully saturated rings. The Morgan fingerprint density at radius 1 is 1.16 bits per heavy atom. The molecule has 1 heterocycles. The molecule has 0 amide bonds. The Balaban J connectivity index is 1.97. The Morgan fingerprint density at radius 3 is 2.40 bits per heavy atom. The number of aromatic carboxylic acids is 1. The largest absolute Gasteiger partial charge is 0.477 e. The zero-order chi connectivity index (χ0) is 18.0. The highest BCUT2D eigenvalue weighted by Gasteiger charge is 2.18. The van der Waals surface area contributed by atoms with Crippen molar-refractivity contribution in [2.45, 2.75) is 10.6 Å². The smallest absolute Gasteiger partial charge is 0.354 e. The highest BCUT2D eigenvalue weighted by atomic mass is 35.5. The second-order valence-electron chi connectivity index (χ2n) is 5.02. The van der Waals surface area contributed by atoms with E-state index in [4.69, 9.17) is 23.2 Å². The maximum Gasteiger partial charge on any atom is 0.354 e. The van der Waals surface area contributed by atoms with Gasteiger partial charge in [-0.25, -0.2) is 14.2 Å². The molecule has 0 aliphatic rings. The second kappa shape index (κ2) is 7.47. The Morgan fingerprint density at radius 2 is 1.80 bits per heavy atom. The summed E-state index contributed by atoms with van der Waals surface area (Å²) in [7, 11) is 0. The third-order valence-corrected chi connectivity index (χ3v) is 5.39. The molecule has 25 heavy (non-hydrogen) atoms. The van der Waals surface area contributed by atoms with E-state index in [1.807, 2.05) is 0 Å². The predicted octanol–water partition coefficient (Wildman–Crippen LogP) is 5.31. The summed E-state index contributed by atoms with van der Waals surface area (Å²) in [6.07, 6.45) is 1.27. The standard InChI is InChI=1S/C17H11Cl2FN2O2S/c18-12-2-1-3-13(19)16(12)25-9-15-21-8-14(17(23)24)22(15)11-6-4-10(20)5-7-11/h1-8H,9H2,(H,23,24). The number of hydrogen-bond donors (Lipinski definition) is 1. The quantitative estimate of drug-likeness (QED) is 0.593. The number of carbonyl (C=O) groups is 1. The van der Waals surface area contributed by atoms with Crippen LogP contribution in [0.3, 0.4) is 0 Å². The molecule has 0 unspecified atom stereocenters. The van der Waals surface area contributed by atoms with E-state index in [-0.39, 0.29) is 5.69 Å². The third kappa shape index (κ3) is 3.81. The third-order valence-electron chi connectivity index (χ3n) is 3.40. The number of aromatic nitrogens is 2. The first-order chi connectivity index (χ1) is 12.0. The first-order valence-electron chi connectivity index (χ1n) is 7.10. The Labute approximate surface area is 157 Å². The lowest BCUT2D eigenvalue weighted by Gasteiger charge is -2.11. The van der Waals surface area contributed by atoms with Gasteiger partial charge >= 0.3 is 5.97 Å². The molecule has 0 aliphatic carbocycles. The molecule has 0 radical (unpaired) electrons. The summed E-state index contributed by atoms with van der Waals surface area (Å²) < 4.78 is 14.6. The van der Waals surface area contributed by atoms with E-state index < -0.39 is 11.8 Å². The summed E-state index contributed by atoms with van der Waals surface area (Å²) in [5.41, 5.74) is 0.504. The SMILES string of the molecule is O=C(O)c1cnc(CSc2c(Cl)cccc2Cl)n1-c1ccc(F)cc1. The van der Waals surface area contributed by atoms with Crippen LogP contribution in [0, 0.1) is 5.82 Å². The molecule has 4 nitrogen and oxygen atoms in total. The van der Waals surface area contributed by atoms with Gasteiger partial charge in [0.2, 0.25) is 0 Å². The van der Waals surface area contributed by atoms with E-state index in [0.29, 0.717) is 32.2 Å². The lowest BCUT2D eigenvalue weighted by Crippen LogP contribution is -2.09. The van der Waals surface area contributed by atoms with Crippen molar-refractivity contribution in [3.05, 3.63) is 76.0 Å². The highest BCUT2D eigenvalue weighted by molar-refractivity contribution is 7.98. The molecular weight excluding hydrogens is 386 g/mol. The van der Waals surface area contributed by atoms with Crippen LogP contribution in [-0.2, 0) is 5.75 Å². The van der Waals surface area contributed by atoms with E-state index in [1.165, 1.54) is 46.8 Å². The first kappa shape index (κ1) is 17.8. The maximum atomic E-state index is 13.2. The van der Waals surface area contributed by atoms with Gasteiger partial charge in [-0.15, -0.1) is 11.8 Å². The molecule has 1 aromatic heterocycles. The van der Waals surface area contributed by atoms with Crippen molar-refractivity contribution in [1.82, 2.24) is 9.55 Å². The normalized spacial score (nSPS) is 10.8. The number of imidazole rings is 1. The average Bonchev–Trinajstić information content (AvgIpc) is 2.99. The van der Waals surface area contributed by atoms with Gasteiger partial charge in [0.05, 0.1) is 22.0 Å². The minimum Gasteiger partial charge on any atom is -0.477 e. The number of thioether (sulfide) groups is 1. The predicted molar refractivity (Wildman–Crippen MR) is 96.5 cm³/mol. The summed E-state index contributed by atoms with van der Waals surface area (Å²) in [5.74, 6) is -0.693. The summed E-state index contributed by atoms with van der Waals surface area (Å²) >= 11 is 13.7. The molecule has 0 aliphatic heterocycles. The minimum absolute atomic E-state index is 0.00698. The molecule has 0 saturated carbocycles. The molecule has 8 heteroatoms. The Kier molecular flexibility index (Phi) is 5.32. The summed E-state index contributed by atoms with van der Waals surface area (Å²) in [4.78, 5) is 16.4. The molecule has 0 spiro atoms. The highest BCUT2D eigenvalue weighted by Crippen LogP contribution is 2.36. The number of rotatable bonds is 5. The van der Waals surface area contributed by atoms with E-state index in [1.54, 1.807) is 18.2 Å². The fraction of sp³-hybridized carbons (Fsp3) is 0.0588. The van der Waals surface area contributed by atoms with Crippen LogP contribution in [0.5, 0.6) is 0 Å². The van der Waals surface area contributed by atoms with Crippen molar-refractivity contribution in [3.63, 3.8) is 0 Å². The van der Waals surface area contributed by atoms with Gasteiger partial charge in [0.25, 0.3) is 0 Å². The lowest BCUT2D eigenvalue weighted by atomic mass is 10.3.